The van der Waals surface area contributed by atoms with Gasteiger partial charge in [-0.3, -0.25) is 4.90 Å². The highest BCUT2D eigenvalue weighted by Gasteiger charge is 2.44. The number of hydrogen-bond acceptors (Lipinski definition) is 2. The van der Waals surface area contributed by atoms with Gasteiger partial charge in [-0.25, -0.2) is 0 Å². The fraction of sp³-hybridized carbons (Fsp3) is 0.333. The summed E-state index contributed by atoms with van der Waals surface area (Å²) in [7, 11) is 0. The monoisotopic (exact) mass is 299 g/mol. The van der Waals surface area contributed by atoms with Gasteiger partial charge in [-0.15, -0.1) is 0 Å². The zero-order valence-electron chi connectivity index (χ0n) is 11.9. The summed E-state index contributed by atoms with van der Waals surface area (Å²) < 4.78 is 6.28. The molecule has 1 unspecified atom stereocenters. The van der Waals surface area contributed by atoms with Crippen LogP contribution in [0.25, 0.3) is 0 Å². The van der Waals surface area contributed by atoms with Gasteiger partial charge in [-0.1, -0.05) is 41.9 Å². The number of rotatable bonds is 2. The number of hydrogen-bond donors (Lipinski definition) is 0. The summed E-state index contributed by atoms with van der Waals surface area (Å²) in [6, 6.07) is 16.6. The van der Waals surface area contributed by atoms with E-state index in [1.54, 1.807) is 0 Å². The van der Waals surface area contributed by atoms with E-state index in [-0.39, 0.29) is 5.60 Å². The molecule has 0 aromatic heterocycles. The maximum absolute atomic E-state index is 6.28. The van der Waals surface area contributed by atoms with Crippen molar-refractivity contribution in [1.82, 2.24) is 4.90 Å². The second-order valence-electron chi connectivity index (χ2n) is 6.16. The third kappa shape index (κ3) is 2.54. The Bertz CT molecular complexity index is 658. The van der Waals surface area contributed by atoms with Crippen LogP contribution in [0.15, 0.2) is 48.5 Å². The van der Waals surface area contributed by atoms with Gasteiger partial charge in [-0.05, 0) is 29.3 Å². The maximum atomic E-state index is 6.28. The van der Waals surface area contributed by atoms with E-state index in [1.165, 1.54) is 11.1 Å². The van der Waals surface area contributed by atoms with Crippen LogP contribution in [0.4, 0.5) is 0 Å². The van der Waals surface area contributed by atoms with Crippen molar-refractivity contribution in [1.29, 1.82) is 0 Å². The van der Waals surface area contributed by atoms with E-state index in [2.05, 4.69) is 35.2 Å². The summed E-state index contributed by atoms with van der Waals surface area (Å²) in [5.74, 6) is 1.01. The van der Waals surface area contributed by atoms with Gasteiger partial charge in [0.1, 0.15) is 11.4 Å². The molecule has 2 aliphatic rings. The van der Waals surface area contributed by atoms with Crippen molar-refractivity contribution in [2.45, 2.75) is 25.0 Å². The number of halogens is 1. The molecule has 1 atom stereocenters. The van der Waals surface area contributed by atoms with Crippen LogP contribution >= 0.6 is 11.6 Å². The van der Waals surface area contributed by atoms with Gasteiger partial charge in [0.25, 0.3) is 0 Å². The molecule has 1 fully saturated rings. The average Bonchev–Trinajstić information content (AvgIpc) is 3.03. The Morgan fingerprint density at radius 2 is 2.00 bits per heavy atom. The Hall–Kier alpha value is -1.51. The smallest absolute Gasteiger partial charge is 0.127 e. The molecule has 2 nitrogen and oxygen atoms in total. The maximum Gasteiger partial charge on any atom is 0.127 e. The van der Waals surface area contributed by atoms with E-state index < -0.39 is 0 Å². The molecule has 108 valence electrons. The van der Waals surface area contributed by atoms with E-state index in [0.29, 0.717) is 0 Å². The molecule has 3 heteroatoms. The van der Waals surface area contributed by atoms with Gasteiger partial charge in [0.15, 0.2) is 0 Å². The van der Waals surface area contributed by atoms with Gasteiger partial charge in [0.05, 0.1) is 0 Å². The van der Waals surface area contributed by atoms with Gasteiger partial charge in [0.2, 0.25) is 0 Å². The Kier molecular flexibility index (Phi) is 3.16. The van der Waals surface area contributed by atoms with Crippen LogP contribution in [-0.2, 0) is 13.0 Å². The van der Waals surface area contributed by atoms with Crippen molar-refractivity contribution in [2.75, 3.05) is 13.1 Å². The molecule has 2 aromatic carbocycles. The molecule has 4 rings (SSSR count). The molecule has 0 saturated carbocycles. The summed E-state index contributed by atoms with van der Waals surface area (Å²) >= 11 is 6.09. The lowest BCUT2D eigenvalue weighted by atomic mass is 9.96. The summed E-state index contributed by atoms with van der Waals surface area (Å²) in [6.07, 6.45) is 2.07. The molecule has 0 amide bonds. The van der Waals surface area contributed by atoms with Crippen molar-refractivity contribution >= 4 is 11.6 Å². The molecule has 0 aliphatic carbocycles. The average molecular weight is 300 g/mol. The summed E-state index contributed by atoms with van der Waals surface area (Å²) in [5.41, 5.74) is 2.58. The molecule has 1 saturated heterocycles. The predicted molar refractivity (Wildman–Crippen MR) is 84.9 cm³/mol. The SMILES string of the molecule is Clc1ccc2c(c1)CC1(CCN(Cc3ccccc3)C1)O2. The Labute approximate surface area is 130 Å². The topological polar surface area (TPSA) is 12.5 Å². The molecule has 2 heterocycles. The van der Waals surface area contributed by atoms with Crippen molar-refractivity contribution in [3.63, 3.8) is 0 Å². The van der Waals surface area contributed by atoms with E-state index in [4.69, 9.17) is 16.3 Å². The zero-order valence-corrected chi connectivity index (χ0v) is 12.6. The molecule has 0 radical (unpaired) electrons. The highest BCUT2D eigenvalue weighted by atomic mass is 35.5. The molecule has 2 aliphatic heterocycles. The summed E-state index contributed by atoms with van der Waals surface area (Å²) in [6.45, 7) is 3.09. The first-order valence-corrected chi connectivity index (χ1v) is 7.84. The van der Waals surface area contributed by atoms with Crippen LogP contribution in [0.3, 0.4) is 0 Å². The van der Waals surface area contributed by atoms with E-state index >= 15 is 0 Å². The summed E-state index contributed by atoms with van der Waals surface area (Å²) in [4.78, 5) is 2.49. The van der Waals surface area contributed by atoms with Gasteiger partial charge in [-0.2, -0.15) is 0 Å². The Balaban J connectivity index is 1.48. The van der Waals surface area contributed by atoms with Gasteiger partial charge in [0, 0.05) is 37.5 Å². The lowest BCUT2D eigenvalue weighted by molar-refractivity contribution is 0.101. The fourth-order valence-corrected chi connectivity index (χ4v) is 3.73. The Morgan fingerprint density at radius 3 is 2.86 bits per heavy atom. The van der Waals surface area contributed by atoms with Crippen LogP contribution in [-0.4, -0.2) is 23.6 Å². The van der Waals surface area contributed by atoms with Crippen molar-refractivity contribution < 1.29 is 4.74 Å². The van der Waals surface area contributed by atoms with Crippen LogP contribution in [0.2, 0.25) is 5.02 Å². The molecule has 0 N–H and O–H groups in total. The molecule has 0 bridgehead atoms. The lowest BCUT2D eigenvalue weighted by Gasteiger charge is -2.24. The standard InChI is InChI=1S/C18H18ClNO/c19-16-6-7-17-15(10-16)11-18(21-17)8-9-20(13-18)12-14-4-2-1-3-5-14/h1-7,10H,8-9,11-13H2. The van der Waals surface area contributed by atoms with Crippen LogP contribution in [0.1, 0.15) is 17.5 Å². The minimum atomic E-state index is -0.0399. The first kappa shape index (κ1) is 13.2. The first-order chi connectivity index (χ1) is 10.2. The van der Waals surface area contributed by atoms with Gasteiger partial charge < -0.3 is 4.74 Å². The van der Waals surface area contributed by atoms with Crippen LogP contribution in [0, 0.1) is 0 Å². The highest BCUT2D eigenvalue weighted by molar-refractivity contribution is 6.30. The number of ether oxygens (including phenoxy) is 1. The molecule has 21 heavy (non-hydrogen) atoms. The normalized spacial score (nSPS) is 24.2. The number of fused-ring (bicyclic) bond motifs is 1. The largest absolute Gasteiger partial charge is 0.485 e. The third-order valence-electron chi connectivity index (χ3n) is 4.51. The second kappa shape index (κ2) is 5.04. The minimum Gasteiger partial charge on any atom is -0.485 e. The molecule has 1 spiro atoms. The van der Waals surface area contributed by atoms with E-state index in [1.807, 2.05) is 18.2 Å². The van der Waals surface area contributed by atoms with Crippen LogP contribution < -0.4 is 4.74 Å². The van der Waals surface area contributed by atoms with Crippen molar-refractivity contribution in [2.24, 2.45) is 0 Å². The molecular formula is C18H18ClNO. The molecule has 2 aromatic rings. The third-order valence-corrected chi connectivity index (χ3v) is 4.74. The Morgan fingerprint density at radius 1 is 1.14 bits per heavy atom. The van der Waals surface area contributed by atoms with E-state index in [0.717, 1.165) is 43.2 Å². The number of likely N-dealkylation sites (tertiary alicyclic amines) is 1. The highest BCUT2D eigenvalue weighted by Crippen LogP contribution is 2.41. The number of benzene rings is 2. The van der Waals surface area contributed by atoms with Crippen molar-refractivity contribution in [3.05, 3.63) is 64.7 Å². The second-order valence-corrected chi connectivity index (χ2v) is 6.60. The quantitative estimate of drug-likeness (QED) is 0.833. The van der Waals surface area contributed by atoms with Crippen LogP contribution in [0.5, 0.6) is 5.75 Å². The lowest BCUT2D eigenvalue weighted by Crippen LogP contribution is -2.37. The van der Waals surface area contributed by atoms with Gasteiger partial charge >= 0.3 is 0 Å². The first-order valence-electron chi connectivity index (χ1n) is 7.46. The molecular weight excluding hydrogens is 282 g/mol. The predicted octanol–water partition coefficient (Wildman–Crippen LogP) is 3.92. The fourth-order valence-electron chi connectivity index (χ4n) is 3.53. The number of nitrogens with zero attached hydrogens (tertiary/aromatic N) is 1. The minimum absolute atomic E-state index is 0.0399. The summed E-state index contributed by atoms with van der Waals surface area (Å²) in [5, 5.41) is 0.800. The van der Waals surface area contributed by atoms with E-state index in [9.17, 15) is 0 Å². The zero-order chi connectivity index (χ0) is 14.3. The van der Waals surface area contributed by atoms with Crippen molar-refractivity contribution in [3.8, 4) is 5.75 Å².